The van der Waals surface area contributed by atoms with Gasteiger partial charge in [-0.05, 0) is 53.5 Å². The average Bonchev–Trinajstić information content (AvgIpc) is 3.14. The van der Waals surface area contributed by atoms with Crippen molar-refractivity contribution >= 4 is 11.6 Å². The van der Waals surface area contributed by atoms with Crippen LogP contribution in [0.25, 0.3) is 5.69 Å². The van der Waals surface area contributed by atoms with E-state index in [-0.39, 0.29) is 5.56 Å². The summed E-state index contributed by atoms with van der Waals surface area (Å²) in [5, 5.41) is 13.8. The van der Waals surface area contributed by atoms with Gasteiger partial charge in [-0.3, -0.25) is 4.79 Å². The summed E-state index contributed by atoms with van der Waals surface area (Å²) in [5.41, 5.74) is 1.02. The topological polar surface area (TPSA) is 103 Å². The average molecular weight is 367 g/mol. The fourth-order valence-corrected chi connectivity index (χ4v) is 2.74. The monoisotopic (exact) mass is 367 g/mol. The van der Waals surface area contributed by atoms with Crippen LogP contribution in [0.1, 0.15) is 41.9 Å². The third kappa shape index (κ3) is 4.28. The van der Waals surface area contributed by atoms with Crippen LogP contribution in [0.2, 0.25) is 0 Å². The van der Waals surface area contributed by atoms with Gasteiger partial charge in [-0.1, -0.05) is 26.0 Å². The highest BCUT2D eigenvalue weighted by Gasteiger charge is 2.18. The lowest BCUT2D eigenvalue weighted by Gasteiger charge is -2.11. The molecule has 0 saturated carbocycles. The minimum absolute atomic E-state index is 0.00480. The van der Waals surface area contributed by atoms with Crippen LogP contribution >= 0.6 is 0 Å². The number of para-hydroxylation sites is 2. The summed E-state index contributed by atoms with van der Waals surface area (Å²) in [6.45, 7) is 5.95. The van der Waals surface area contributed by atoms with Crippen LogP contribution in [-0.4, -0.2) is 26.1 Å². The van der Waals surface area contributed by atoms with Gasteiger partial charge in [-0.15, -0.1) is 5.10 Å². The van der Waals surface area contributed by atoms with Crippen LogP contribution in [-0.2, 0) is 6.42 Å². The number of carbonyl (C=O) groups excluding carboxylic acids is 1. The van der Waals surface area contributed by atoms with Crippen molar-refractivity contribution in [2.24, 2.45) is 5.92 Å². The van der Waals surface area contributed by atoms with Crippen molar-refractivity contribution in [3.8, 4) is 5.69 Å². The highest BCUT2D eigenvalue weighted by molar-refractivity contribution is 6.05. The van der Waals surface area contributed by atoms with E-state index in [1.165, 1.54) is 11.0 Å². The molecule has 8 heteroatoms. The summed E-state index contributed by atoms with van der Waals surface area (Å²) in [7, 11) is 0. The standard InChI is InChI=1S/C19H21N5O3/c1-12(2)8-9-14-10-13(3)17(19(26)27-14)18(25)21-15-6-4-5-7-16(15)24-11-20-22-23-24/h4-7,10-12H,8-9H2,1-3H3,(H,21,25). The first-order valence-corrected chi connectivity index (χ1v) is 8.73. The van der Waals surface area contributed by atoms with E-state index in [0.29, 0.717) is 35.0 Å². The number of carbonyl (C=O) groups is 1. The molecule has 0 fully saturated rings. The molecule has 27 heavy (non-hydrogen) atoms. The van der Waals surface area contributed by atoms with Crippen LogP contribution in [0.5, 0.6) is 0 Å². The van der Waals surface area contributed by atoms with Crippen LogP contribution in [0.4, 0.5) is 5.69 Å². The molecule has 0 radical (unpaired) electrons. The quantitative estimate of drug-likeness (QED) is 0.718. The van der Waals surface area contributed by atoms with Gasteiger partial charge in [0.25, 0.3) is 5.91 Å². The summed E-state index contributed by atoms with van der Waals surface area (Å²) in [6, 6.07) is 8.80. The van der Waals surface area contributed by atoms with Crippen molar-refractivity contribution in [3.63, 3.8) is 0 Å². The van der Waals surface area contributed by atoms with Gasteiger partial charge >= 0.3 is 5.63 Å². The number of nitrogens with zero attached hydrogens (tertiary/aromatic N) is 4. The first-order valence-electron chi connectivity index (χ1n) is 8.73. The van der Waals surface area contributed by atoms with E-state index in [2.05, 4.69) is 34.7 Å². The van der Waals surface area contributed by atoms with E-state index in [0.717, 1.165) is 6.42 Å². The third-order valence-corrected chi connectivity index (χ3v) is 4.14. The molecule has 8 nitrogen and oxygen atoms in total. The summed E-state index contributed by atoms with van der Waals surface area (Å²) < 4.78 is 6.78. The first kappa shape index (κ1) is 18.5. The largest absolute Gasteiger partial charge is 0.427 e. The van der Waals surface area contributed by atoms with Gasteiger partial charge in [0.05, 0.1) is 11.4 Å². The number of aryl methyl sites for hydroxylation is 2. The van der Waals surface area contributed by atoms with Crippen LogP contribution in [0.3, 0.4) is 0 Å². The van der Waals surface area contributed by atoms with Crippen molar-refractivity contribution in [1.82, 2.24) is 20.2 Å². The molecule has 2 aromatic heterocycles. The molecule has 3 rings (SSSR count). The second-order valence-corrected chi connectivity index (χ2v) is 6.72. The summed E-state index contributed by atoms with van der Waals surface area (Å²) >= 11 is 0. The molecular formula is C19H21N5O3. The predicted octanol–water partition coefficient (Wildman–Crippen LogP) is 2.76. The molecular weight excluding hydrogens is 346 g/mol. The van der Waals surface area contributed by atoms with Gasteiger partial charge in [0, 0.05) is 6.42 Å². The van der Waals surface area contributed by atoms with Crippen molar-refractivity contribution in [1.29, 1.82) is 0 Å². The highest BCUT2D eigenvalue weighted by atomic mass is 16.4. The first-order chi connectivity index (χ1) is 13.0. The second-order valence-electron chi connectivity index (χ2n) is 6.72. The molecule has 0 aliphatic carbocycles. The maximum absolute atomic E-state index is 12.7. The number of hydrogen-bond acceptors (Lipinski definition) is 6. The SMILES string of the molecule is Cc1cc(CCC(C)C)oc(=O)c1C(=O)Nc1ccccc1-n1cnnn1. The lowest BCUT2D eigenvalue weighted by Crippen LogP contribution is -2.23. The number of amides is 1. The molecule has 0 atom stereocenters. The molecule has 0 spiro atoms. The van der Waals surface area contributed by atoms with Crippen LogP contribution in [0.15, 0.2) is 45.9 Å². The minimum Gasteiger partial charge on any atom is -0.427 e. The number of hydrogen-bond donors (Lipinski definition) is 1. The number of nitrogens with one attached hydrogen (secondary N) is 1. The number of anilines is 1. The Hall–Kier alpha value is -3.29. The summed E-state index contributed by atoms with van der Waals surface area (Å²) in [6.07, 6.45) is 3.00. The van der Waals surface area contributed by atoms with Crippen molar-refractivity contribution in [3.05, 3.63) is 64.0 Å². The molecule has 1 amide bonds. The zero-order chi connectivity index (χ0) is 19.4. The highest BCUT2D eigenvalue weighted by Crippen LogP contribution is 2.20. The fraction of sp³-hybridized carbons (Fsp3) is 0.316. The van der Waals surface area contributed by atoms with Gasteiger partial charge in [0.15, 0.2) is 0 Å². The molecule has 1 aromatic carbocycles. The van der Waals surface area contributed by atoms with Gasteiger partial charge in [0.2, 0.25) is 0 Å². The van der Waals surface area contributed by atoms with Crippen molar-refractivity contribution in [2.45, 2.75) is 33.6 Å². The van der Waals surface area contributed by atoms with E-state index in [9.17, 15) is 9.59 Å². The Bertz CT molecular complexity index is 993. The van der Waals surface area contributed by atoms with Crippen LogP contribution in [0, 0.1) is 12.8 Å². The molecule has 0 bridgehead atoms. The van der Waals surface area contributed by atoms with Gasteiger partial charge in [0.1, 0.15) is 17.7 Å². The molecule has 3 aromatic rings. The molecule has 2 heterocycles. The number of tetrazole rings is 1. The van der Waals surface area contributed by atoms with E-state index in [1.54, 1.807) is 37.3 Å². The molecule has 0 aliphatic heterocycles. The smallest absolute Gasteiger partial charge is 0.349 e. The Morgan fingerprint density at radius 3 is 2.74 bits per heavy atom. The fourth-order valence-electron chi connectivity index (χ4n) is 2.74. The predicted molar refractivity (Wildman–Crippen MR) is 100.0 cm³/mol. The summed E-state index contributed by atoms with van der Waals surface area (Å²) in [5.74, 6) is 0.565. The lowest BCUT2D eigenvalue weighted by atomic mass is 10.0. The lowest BCUT2D eigenvalue weighted by molar-refractivity contribution is 0.102. The Morgan fingerprint density at radius 1 is 1.30 bits per heavy atom. The molecule has 0 unspecified atom stereocenters. The minimum atomic E-state index is -0.633. The van der Waals surface area contributed by atoms with E-state index < -0.39 is 11.5 Å². The normalized spacial score (nSPS) is 11.0. The number of benzene rings is 1. The van der Waals surface area contributed by atoms with E-state index in [1.807, 2.05) is 0 Å². The van der Waals surface area contributed by atoms with Gasteiger partial charge < -0.3 is 9.73 Å². The number of rotatable bonds is 6. The van der Waals surface area contributed by atoms with Gasteiger partial charge in [-0.25, -0.2) is 4.79 Å². The Labute approximate surface area is 156 Å². The molecule has 1 N–H and O–H groups in total. The zero-order valence-corrected chi connectivity index (χ0v) is 15.5. The maximum Gasteiger partial charge on any atom is 0.349 e. The Kier molecular flexibility index (Phi) is 5.44. The van der Waals surface area contributed by atoms with Crippen molar-refractivity contribution in [2.75, 3.05) is 5.32 Å². The van der Waals surface area contributed by atoms with Crippen molar-refractivity contribution < 1.29 is 9.21 Å². The summed E-state index contributed by atoms with van der Waals surface area (Å²) in [4.78, 5) is 25.1. The third-order valence-electron chi connectivity index (χ3n) is 4.14. The maximum atomic E-state index is 12.7. The van der Waals surface area contributed by atoms with E-state index in [4.69, 9.17) is 4.42 Å². The van der Waals surface area contributed by atoms with Gasteiger partial charge in [-0.2, -0.15) is 4.68 Å². The second kappa shape index (κ2) is 7.94. The molecule has 140 valence electrons. The number of aromatic nitrogens is 4. The Morgan fingerprint density at radius 2 is 2.07 bits per heavy atom. The van der Waals surface area contributed by atoms with Crippen LogP contribution < -0.4 is 10.9 Å². The molecule has 0 saturated heterocycles. The zero-order valence-electron chi connectivity index (χ0n) is 15.5. The molecule has 0 aliphatic rings. The Balaban J connectivity index is 1.87. The van der Waals surface area contributed by atoms with E-state index >= 15 is 0 Å².